The molecule has 1 saturated heterocycles. The van der Waals surface area contributed by atoms with Gasteiger partial charge < -0.3 is 29.6 Å². The molecular formula is C28H21BrClN3O8S. The molecule has 0 unspecified atom stereocenters. The minimum Gasteiger partial charge on any atom is -0.493 e. The lowest BCUT2D eigenvalue weighted by Crippen LogP contribution is -2.36. The van der Waals surface area contributed by atoms with Gasteiger partial charge in [-0.25, -0.2) is 0 Å². The summed E-state index contributed by atoms with van der Waals surface area (Å²) in [6, 6.07) is 14.7. The molecule has 4 amide bonds. The third-order valence-corrected chi connectivity index (χ3v) is 8.02. The van der Waals surface area contributed by atoms with Gasteiger partial charge in [0.1, 0.15) is 6.54 Å². The molecule has 2 heterocycles. The third kappa shape index (κ3) is 6.81. The molecule has 42 heavy (non-hydrogen) atoms. The number of carbonyl (C=O) groups is 4. The molecule has 2 aliphatic heterocycles. The summed E-state index contributed by atoms with van der Waals surface area (Å²) in [4.78, 5) is 51.4. The van der Waals surface area contributed by atoms with E-state index in [0.29, 0.717) is 49.4 Å². The number of rotatable bonds is 9. The second-order valence-electron chi connectivity index (χ2n) is 8.76. The Hall–Kier alpha value is -4.20. The van der Waals surface area contributed by atoms with E-state index < -0.39 is 29.5 Å². The summed E-state index contributed by atoms with van der Waals surface area (Å²) in [6.45, 7) is -0.657. The molecular weight excluding hydrogens is 654 g/mol. The Morgan fingerprint density at radius 3 is 2.52 bits per heavy atom. The van der Waals surface area contributed by atoms with E-state index in [1.807, 2.05) is 0 Å². The molecule has 0 saturated carbocycles. The first-order valence-corrected chi connectivity index (χ1v) is 14.2. The van der Waals surface area contributed by atoms with E-state index in [9.17, 15) is 19.2 Å². The van der Waals surface area contributed by atoms with Crippen LogP contribution in [0.1, 0.15) is 5.56 Å². The van der Waals surface area contributed by atoms with Gasteiger partial charge in [0.15, 0.2) is 29.6 Å². The zero-order valence-corrected chi connectivity index (χ0v) is 24.9. The first-order chi connectivity index (χ1) is 20.2. The molecule has 0 bridgehead atoms. The van der Waals surface area contributed by atoms with E-state index in [1.165, 1.54) is 13.2 Å². The highest BCUT2D eigenvalue weighted by Crippen LogP contribution is 2.36. The number of nitrogens with zero attached hydrogens (tertiary/aromatic N) is 1. The number of methoxy groups -OCH3 is 1. The number of imide groups is 1. The molecule has 0 aliphatic carbocycles. The lowest BCUT2D eigenvalue weighted by Gasteiger charge is -2.13. The number of carbonyl (C=O) groups excluding carboxylic acids is 4. The summed E-state index contributed by atoms with van der Waals surface area (Å²) in [6.07, 6.45) is 1.51. The first kappa shape index (κ1) is 29.3. The van der Waals surface area contributed by atoms with Crippen molar-refractivity contribution < 1.29 is 38.1 Å². The quantitative estimate of drug-likeness (QED) is 0.281. The number of halogens is 2. The van der Waals surface area contributed by atoms with Crippen LogP contribution in [0.5, 0.6) is 23.0 Å². The van der Waals surface area contributed by atoms with Crippen molar-refractivity contribution in [2.24, 2.45) is 0 Å². The van der Waals surface area contributed by atoms with Crippen LogP contribution in [0.15, 0.2) is 64.0 Å². The number of amides is 4. The van der Waals surface area contributed by atoms with E-state index in [2.05, 4.69) is 26.6 Å². The van der Waals surface area contributed by atoms with Gasteiger partial charge in [-0.1, -0.05) is 17.7 Å². The van der Waals surface area contributed by atoms with Crippen molar-refractivity contribution in [2.45, 2.75) is 0 Å². The summed E-state index contributed by atoms with van der Waals surface area (Å²) < 4.78 is 22.3. The van der Waals surface area contributed by atoms with E-state index in [0.717, 1.165) is 16.7 Å². The van der Waals surface area contributed by atoms with Gasteiger partial charge in [-0.2, -0.15) is 0 Å². The normalized spacial score (nSPS) is 14.7. The molecule has 0 atom stereocenters. The van der Waals surface area contributed by atoms with E-state index >= 15 is 0 Å². The number of fused-ring (bicyclic) bond motifs is 1. The molecule has 0 aromatic heterocycles. The number of anilines is 2. The molecule has 2 N–H and O–H groups in total. The minimum absolute atomic E-state index is 0.0953. The molecule has 2 aliphatic rings. The van der Waals surface area contributed by atoms with Crippen molar-refractivity contribution in [3.8, 4) is 23.0 Å². The molecule has 0 radical (unpaired) electrons. The Morgan fingerprint density at radius 2 is 1.74 bits per heavy atom. The predicted molar refractivity (Wildman–Crippen MR) is 160 cm³/mol. The van der Waals surface area contributed by atoms with Gasteiger partial charge in [-0.15, -0.1) is 0 Å². The average molecular weight is 675 g/mol. The van der Waals surface area contributed by atoms with Crippen molar-refractivity contribution in [3.63, 3.8) is 0 Å². The zero-order valence-electron chi connectivity index (χ0n) is 21.8. The Balaban J connectivity index is 1.19. The van der Waals surface area contributed by atoms with Crippen molar-refractivity contribution in [1.82, 2.24) is 4.90 Å². The van der Waals surface area contributed by atoms with Gasteiger partial charge >= 0.3 is 0 Å². The highest BCUT2D eigenvalue weighted by Gasteiger charge is 2.36. The molecule has 216 valence electrons. The van der Waals surface area contributed by atoms with Crippen molar-refractivity contribution in [1.29, 1.82) is 0 Å². The standard InChI is InChI=1S/C28H21BrClN3O8S/c1-38-22-8-15(2-6-20(22)39-13-26(35)32-16-3-5-18(29)19(30)10-16)9-24-27(36)33(28(37)42-24)12-25(34)31-17-4-7-21-23(11-17)41-14-40-21/h2-11H,12-14H2,1H3,(H,31,34)(H,32,35)/b24-9+. The number of hydrogen-bond donors (Lipinski definition) is 2. The number of benzene rings is 3. The highest BCUT2D eigenvalue weighted by molar-refractivity contribution is 9.10. The number of hydrogen-bond acceptors (Lipinski definition) is 9. The van der Waals surface area contributed by atoms with Gasteiger partial charge in [0, 0.05) is 21.9 Å². The number of nitrogens with one attached hydrogen (secondary N) is 2. The van der Waals surface area contributed by atoms with Gasteiger partial charge in [0.2, 0.25) is 12.7 Å². The third-order valence-electron chi connectivity index (χ3n) is 5.88. The fraction of sp³-hybridized carbons (Fsp3) is 0.143. The Labute approximate surface area is 257 Å². The maximum absolute atomic E-state index is 12.9. The number of thioether (sulfide) groups is 1. The van der Waals surface area contributed by atoms with Gasteiger partial charge in [-0.05, 0) is 81.8 Å². The average Bonchev–Trinajstić information content (AvgIpc) is 3.53. The van der Waals surface area contributed by atoms with E-state index in [1.54, 1.807) is 54.6 Å². The van der Waals surface area contributed by atoms with Crippen molar-refractivity contribution in [3.05, 3.63) is 74.6 Å². The van der Waals surface area contributed by atoms with E-state index in [-0.39, 0.29) is 18.3 Å². The smallest absolute Gasteiger partial charge is 0.294 e. The molecule has 3 aromatic carbocycles. The fourth-order valence-electron chi connectivity index (χ4n) is 3.91. The first-order valence-electron chi connectivity index (χ1n) is 12.2. The van der Waals surface area contributed by atoms with Crippen LogP contribution in [0.4, 0.5) is 16.2 Å². The van der Waals surface area contributed by atoms with Gasteiger partial charge in [0.25, 0.3) is 17.1 Å². The summed E-state index contributed by atoms with van der Waals surface area (Å²) in [5.74, 6) is 0.104. The summed E-state index contributed by atoms with van der Waals surface area (Å²) in [5, 5.41) is 5.22. The zero-order chi connectivity index (χ0) is 29.8. The maximum Gasteiger partial charge on any atom is 0.294 e. The van der Waals surface area contributed by atoms with Crippen LogP contribution in [-0.2, 0) is 14.4 Å². The number of ether oxygens (including phenoxy) is 4. The largest absolute Gasteiger partial charge is 0.493 e. The molecule has 0 spiro atoms. The van der Waals surface area contributed by atoms with Crippen LogP contribution in [0.25, 0.3) is 6.08 Å². The highest BCUT2D eigenvalue weighted by atomic mass is 79.9. The molecule has 1 fully saturated rings. The second-order valence-corrected chi connectivity index (χ2v) is 11.0. The van der Waals surface area contributed by atoms with Crippen molar-refractivity contribution >= 4 is 79.7 Å². The molecule has 5 rings (SSSR count). The Kier molecular flexibility index (Phi) is 8.90. The lowest BCUT2D eigenvalue weighted by atomic mass is 10.2. The summed E-state index contributed by atoms with van der Waals surface area (Å²) in [7, 11) is 1.43. The minimum atomic E-state index is -0.602. The van der Waals surface area contributed by atoms with Gasteiger partial charge in [-0.3, -0.25) is 24.1 Å². The Morgan fingerprint density at radius 1 is 1.00 bits per heavy atom. The lowest BCUT2D eigenvalue weighted by molar-refractivity contribution is -0.127. The van der Waals surface area contributed by atoms with E-state index in [4.69, 9.17) is 30.5 Å². The summed E-state index contributed by atoms with van der Waals surface area (Å²) >= 11 is 10.1. The monoisotopic (exact) mass is 673 g/mol. The fourth-order valence-corrected chi connectivity index (χ4v) is 5.18. The SMILES string of the molecule is COc1cc(/C=C2/SC(=O)N(CC(=O)Nc3ccc4c(c3)OCO4)C2=O)ccc1OCC(=O)Nc1ccc(Br)c(Cl)c1. The van der Waals surface area contributed by atoms with Crippen LogP contribution >= 0.6 is 39.3 Å². The van der Waals surface area contributed by atoms with Crippen molar-refractivity contribution in [2.75, 3.05) is 37.7 Å². The molecule has 3 aromatic rings. The predicted octanol–water partition coefficient (Wildman–Crippen LogP) is 5.53. The summed E-state index contributed by atoms with van der Waals surface area (Å²) in [5.41, 5.74) is 1.50. The topological polar surface area (TPSA) is 133 Å². The Bertz CT molecular complexity index is 1630. The molecule has 11 nitrogen and oxygen atoms in total. The molecule has 14 heteroatoms. The maximum atomic E-state index is 12.9. The van der Waals surface area contributed by atoms with Crippen LogP contribution < -0.4 is 29.6 Å². The van der Waals surface area contributed by atoms with Crippen LogP contribution in [0.3, 0.4) is 0 Å². The van der Waals surface area contributed by atoms with Gasteiger partial charge in [0.05, 0.1) is 17.0 Å². The van der Waals surface area contributed by atoms with Crippen LogP contribution in [0.2, 0.25) is 5.02 Å². The second kappa shape index (κ2) is 12.8. The van der Waals surface area contributed by atoms with Crippen LogP contribution in [-0.4, -0.2) is 54.9 Å². The van der Waals surface area contributed by atoms with Crippen LogP contribution in [0, 0.1) is 0 Å².